The largest absolute Gasteiger partial charge is 0.394 e. The number of carbonyl (C=O) groups excluding carboxylic acids is 1. The van der Waals surface area contributed by atoms with Crippen LogP contribution in [0.25, 0.3) is 0 Å². The predicted molar refractivity (Wildman–Crippen MR) is 118 cm³/mol. The number of benzene rings is 1. The Balaban J connectivity index is 1.38. The molecule has 0 unspecified atom stereocenters. The van der Waals surface area contributed by atoms with E-state index in [1.165, 1.54) is 0 Å². The average Bonchev–Trinajstić information content (AvgIpc) is 3.23. The molecule has 1 aromatic heterocycles. The van der Waals surface area contributed by atoms with Gasteiger partial charge in [0.1, 0.15) is 5.82 Å². The molecule has 30 heavy (non-hydrogen) atoms. The van der Waals surface area contributed by atoms with E-state index < -0.39 is 0 Å². The summed E-state index contributed by atoms with van der Waals surface area (Å²) in [6.45, 7) is 4.89. The van der Waals surface area contributed by atoms with Crippen molar-refractivity contribution in [3.8, 4) is 0 Å². The molecule has 1 atom stereocenters. The molecule has 2 aromatic rings. The number of amides is 2. The SMILES string of the molecule is CN1CCN(c2cccc(NC(=O)Nc3ccnc(N4CCC[C@H]4CO)n3)c2)CC1. The molecule has 2 aliphatic rings. The highest BCUT2D eigenvalue weighted by Gasteiger charge is 2.26. The van der Waals surface area contributed by atoms with Crippen LogP contribution in [-0.4, -0.2) is 78.4 Å². The lowest BCUT2D eigenvalue weighted by atomic mass is 10.2. The van der Waals surface area contributed by atoms with Crippen LogP contribution in [0.2, 0.25) is 0 Å². The summed E-state index contributed by atoms with van der Waals surface area (Å²) in [5.41, 5.74) is 1.84. The second kappa shape index (κ2) is 9.27. The van der Waals surface area contributed by atoms with Gasteiger partial charge in [0.15, 0.2) is 0 Å². The Hall–Kier alpha value is -2.91. The van der Waals surface area contributed by atoms with Crippen LogP contribution in [0.4, 0.5) is 27.9 Å². The van der Waals surface area contributed by atoms with E-state index in [0.29, 0.717) is 11.8 Å². The minimum absolute atomic E-state index is 0.0337. The number of hydrogen-bond donors (Lipinski definition) is 3. The molecular formula is C21H29N7O2. The fourth-order valence-corrected chi connectivity index (χ4v) is 3.97. The third-order valence-corrected chi connectivity index (χ3v) is 5.70. The third-order valence-electron chi connectivity index (χ3n) is 5.70. The van der Waals surface area contributed by atoms with Crippen LogP contribution in [-0.2, 0) is 0 Å². The predicted octanol–water partition coefficient (Wildman–Crippen LogP) is 1.83. The molecule has 9 nitrogen and oxygen atoms in total. The number of nitrogens with one attached hydrogen (secondary N) is 2. The molecule has 0 saturated carbocycles. The molecule has 2 aliphatic heterocycles. The number of piperazine rings is 1. The van der Waals surface area contributed by atoms with Gasteiger partial charge in [-0.3, -0.25) is 5.32 Å². The zero-order valence-electron chi connectivity index (χ0n) is 17.3. The van der Waals surface area contributed by atoms with Gasteiger partial charge in [-0.25, -0.2) is 9.78 Å². The molecule has 0 radical (unpaired) electrons. The van der Waals surface area contributed by atoms with Gasteiger partial charge in [-0.2, -0.15) is 4.98 Å². The van der Waals surface area contributed by atoms with Gasteiger partial charge in [0.25, 0.3) is 0 Å². The summed E-state index contributed by atoms with van der Waals surface area (Å²) in [5, 5.41) is 15.2. The van der Waals surface area contributed by atoms with E-state index in [0.717, 1.165) is 56.9 Å². The van der Waals surface area contributed by atoms with E-state index in [-0.39, 0.29) is 18.7 Å². The Morgan fingerprint density at radius 1 is 1.17 bits per heavy atom. The Morgan fingerprint density at radius 3 is 2.80 bits per heavy atom. The van der Waals surface area contributed by atoms with E-state index in [4.69, 9.17) is 0 Å². The summed E-state index contributed by atoms with van der Waals surface area (Å²) >= 11 is 0. The van der Waals surface area contributed by atoms with Crippen molar-refractivity contribution < 1.29 is 9.90 Å². The first kappa shape index (κ1) is 20.4. The van der Waals surface area contributed by atoms with Crippen LogP contribution in [0.5, 0.6) is 0 Å². The highest BCUT2D eigenvalue weighted by Crippen LogP contribution is 2.23. The van der Waals surface area contributed by atoms with Crippen molar-refractivity contribution in [2.24, 2.45) is 0 Å². The standard InChI is InChI=1S/C21H29N7O2/c1-26-10-12-27(13-11-26)17-5-2-4-16(14-17)23-21(30)25-19-7-8-22-20(24-19)28-9-3-6-18(28)15-29/h2,4-5,7-8,14,18,29H,3,6,9-13,15H2,1H3,(H2,22,23,24,25,30)/t18-/m0/s1. The summed E-state index contributed by atoms with van der Waals surface area (Å²) in [7, 11) is 2.13. The number of carbonyl (C=O) groups is 1. The maximum atomic E-state index is 12.5. The van der Waals surface area contributed by atoms with Crippen LogP contribution >= 0.6 is 0 Å². The van der Waals surface area contributed by atoms with Crippen LogP contribution in [0.15, 0.2) is 36.5 Å². The molecular weight excluding hydrogens is 382 g/mol. The van der Waals surface area contributed by atoms with E-state index in [1.807, 2.05) is 23.1 Å². The van der Waals surface area contributed by atoms with Crippen LogP contribution < -0.4 is 20.4 Å². The molecule has 160 valence electrons. The van der Waals surface area contributed by atoms with E-state index >= 15 is 0 Å². The molecule has 0 spiro atoms. The van der Waals surface area contributed by atoms with Gasteiger partial charge < -0.3 is 25.1 Å². The fraction of sp³-hybridized carbons (Fsp3) is 0.476. The van der Waals surface area contributed by atoms with Crippen LogP contribution in [0, 0.1) is 0 Å². The molecule has 3 N–H and O–H groups in total. The second-order valence-electron chi connectivity index (χ2n) is 7.83. The molecule has 1 aromatic carbocycles. The van der Waals surface area contributed by atoms with Gasteiger partial charge in [0.2, 0.25) is 5.95 Å². The highest BCUT2D eigenvalue weighted by atomic mass is 16.3. The van der Waals surface area contributed by atoms with Crippen molar-refractivity contribution in [1.29, 1.82) is 0 Å². The Kier molecular flexibility index (Phi) is 6.29. The number of likely N-dealkylation sites (N-methyl/N-ethyl adjacent to an activating group) is 1. The Morgan fingerprint density at radius 2 is 2.00 bits per heavy atom. The minimum atomic E-state index is -0.352. The number of nitrogens with zero attached hydrogens (tertiary/aromatic N) is 5. The molecule has 3 heterocycles. The van der Waals surface area contributed by atoms with Crippen molar-refractivity contribution in [2.45, 2.75) is 18.9 Å². The summed E-state index contributed by atoms with van der Waals surface area (Å²) in [5.74, 6) is 0.956. The first-order valence-corrected chi connectivity index (χ1v) is 10.4. The van der Waals surface area contributed by atoms with Crippen molar-refractivity contribution in [3.05, 3.63) is 36.5 Å². The fourth-order valence-electron chi connectivity index (χ4n) is 3.97. The van der Waals surface area contributed by atoms with Gasteiger partial charge in [-0.1, -0.05) is 6.07 Å². The molecule has 4 rings (SSSR count). The van der Waals surface area contributed by atoms with Gasteiger partial charge in [-0.15, -0.1) is 0 Å². The molecule has 9 heteroatoms. The molecule has 2 fully saturated rings. The average molecular weight is 412 g/mol. The molecule has 2 saturated heterocycles. The summed E-state index contributed by atoms with van der Waals surface area (Å²) < 4.78 is 0. The summed E-state index contributed by atoms with van der Waals surface area (Å²) in [6.07, 6.45) is 3.54. The highest BCUT2D eigenvalue weighted by molar-refractivity contribution is 5.99. The van der Waals surface area contributed by atoms with E-state index in [2.05, 4.69) is 43.5 Å². The minimum Gasteiger partial charge on any atom is -0.394 e. The van der Waals surface area contributed by atoms with Crippen LogP contribution in [0.3, 0.4) is 0 Å². The zero-order valence-corrected chi connectivity index (χ0v) is 17.3. The molecule has 0 bridgehead atoms. The van der Waals surface area contributed by atoms with E-state index in [1.54, 1.807) is 12.3 Å². The van der Waals surface area contributed by atoms with Gasteiger partial charge in [0, 0.05) is 50.3 Å². The Bertz CT molecular complexity index is 870. The number of hydrogen-bond acceptors (Lipinski definition) is 7. The lowest BCUT2D eigenvalue weighted by molar-refractivity contribution is 0.262. The van der Waals surface area contributed by atoms with Crippen molar-refractivity contribution >= 4 is 29.2 Å². The van der Waals surface area contributed by atoms with Crippen molar-refractivity contribution in [2.75, 3.05) is 66.8 Å². The zero-order chi connectivity index (χ0) is 20.9. The first-order valence-electron chi connectivity index (χ1n) is 10.4. The second-order valence-corrected chi connectivity index (χ2v) is 7.83. The van der Waals surface area contributed by atoms with Gasteiger partial charge in [-0.05, 0) is 44.2 Å². The third kappa shape index (κ3) is 4.80. The topological polar surface area (TPSA) is 96.9 Å². The number of aromatic nitrogens is 2. The lowest BCUT2D eigenvalue weighted by Gasteiger charge is -2.34. The van der Waals surface area contributed by atoms with E-state index in [9.17, 15) is 9.90 Å². The summed E-state index contributed by atoms with van der Waals surface area (Å²) in [4.78, 5) is 27.9. The van der Waals surface area contributed by atoms with Crippen molar-refractivity contribution in [3.63, 3.8) is 0 Å². The van der Waals surface area contributed by atoms with Gasteiger partial charge >= 0.3 is 6.03 Å². The van der Waals surface area contributed by atoms with Crippen LogP contribution in [0.1, 0.15) is 12.8 Å². The number of aliphatic hydroxyl groups excluding tert-OH is 1. The quantitative estimate of drug-likeness (QED) is 0.691. The number of anilines is 4. The maximum absolute atomic E-state index is 12.5. The number of urea groups is 1. The number of aliphatic hydroxyl groups is 1. The maximum Gasteiger partial charge on any atom is 0.324 e. The smallest absolute Gasteiger partial charge is 0.324 e. The molecule has 0 aliphatic carbocycles. The number of rotatable bonds is 5. The lowest BCUT2D eigenvalue weighted by Crippen LogP contribution is -2.44. The van der Waals surface area contributed by atoms with Crippen molar-refractivity contribution in [1.82, 2.24) is 14.9 Å². The Labute approximate surface area is 176 Å². The normalized spacial score (nSPS) is 19.7. The van der Waals surface area contributed by atoms with Gasteiger partial charge in [0.05, 0.1) is 12.6 Å². The summed E-state index contributed by atoms with van der Waals surface area (Å²) in [6, 6.07) is 9.23. The first-order chi connectivity index (χ1) is 14.6. The molecule has 2 amide bonds. The monoisotopic (exact) mass is 411 g/mol.